The molecule has 3 atom stereocenters. The van der Waals surface area contributed by atoms with E-state index < -0.39 is 6.10 Å². The second-order valence-electron chi connectivity index (χ2n) is 5.99. The third kappa shape index (κ3) is 5.26. The normalized spacial score (nSPS) is 20.8. The molecule has 24 heavy (non-hydrogen) atoms. The third-order valence-corrected chi connectivity index (χ3v) is 4.45. The number of rotatable bonds is 7. The Kier molecular flexibility index (Phi) is 8.31. The van der Waals surface area contributed by atoms with Crippen molar-refractivity contribution in [1.82, 2.24) is 5.32 Å². The zero-order chi connectivity index (χ0) is 16.8. The van der Waals surface area contributed by atoms with Gasteiger partial charge in [0.1, 0.15) is 11.5 Å². The summed E-state index contributed by atoms with van der Waals surface area (Å²) in [4.78, 5) is 12.0. The molecule has 6 nitrogen and oxygen atoms in total. The number of aliphatic hydroxyl groups excluding tert-OH is 1. The first-order chi connectivity index (χ1) is 11.0. The molecule has 0 spiro atoms. The first kappa shape index (κ1) is 20.5. The van der Waals surface area contributed by atoms with Crippen LogP contribution < -0.4 is 20.5 Å². The van der Waals surface area contributed by atoms with Gasteiger partial charge in [0.15, 0.2) is 0 Å². The maximum absolute atomic E-state index is 12.0. The Bertz CT molecular complexity index is 541. The van der Waals surface area contributed by atoms with Gasteiger partial charge in [0.25, 0.3) is 0 Å². The highest BCUT2D eigenvalue weighted by molar-refractivity contribution is 5.85. The minimum atomic E-state index is -0.860. The van der Waals surface area contributed by atoms with E-state index in [2.05, 4.69) is 5.32 Å². The largest absolute Gasteiger partial charge is 0.497 e. The van der Waals surface area contributed by atoms with E-state index in [-0.39, 0.29) is 36.8 Å². The van der Waals surface area contributed by atoms with Gasteiger partial charge in [-0.2, -0.15) is 0 Å². The van der Waals surface area contributed by atoms with Crippen LogP contribution in [0.1, 0.15) is 37.4 Å². The smallest absolute Gasteiger partial charge is 0.220 e. The molecule has 1 aromatic carbocycles. The van der Waals surface area contributed by atoms with Gasteiger partial charge in [-0.3, -0.25) is 4.79 Å². The molecule has 1 aliphatic rings. The average Bonchev–Trinajstić information content (AvgIpc) is 2.96. The second kappa shape index (κ2) is 9.71. The van der Waals surface area contributed by atoms with Crippen molar-refractivity contribution >= 4 is 18.3 Å². The van der Waals surface area contributed by atoms with Crippen LogP contribution in [0.3, 0.4) is 0 Å². The SMILES string of the molecule is COc1ccc(OC)c(C(O)CNC(=O)C[C@@H]2CCC[C@H]2N)c1.Cl. The number of halogens is 1. The molecule has 136 valence electrons. The summed E-state index contributed by atoms with van der Waals surface area (Å²) in [6.07, 6.45) is 2.63. The summed E-state index contributed by atoms with van der Waals surface area (Å²) < 4.78 is 10.4. The van der Waals surface area contributed by atoms with Crippen LogP contribution >= 0.6 is 12.4 Å². The van der Waals surface area contributed by atoms with Crippen molar-refractivity contribution in [3.8, 4) is 11.5 Å². The van der Waals surface area contributed by atoms with Crippen molar-refractivity contribution in [2.24, 2.45) is 11.7 Å². The van der Waals surface area contributed by atoms with Gasteiger partial charge >= 0.3 is 0 Å². The Labute approximate surface area is 149 Å². The fourth-order valence-corrected chi connectivity index (χ4v) is 3.05. The van der Waals surface area contributed by atoms with Crippen LogP contribution in [0.15, 0.2) is 18.2 Å². The van der Waals surface area contributed by atoms with Crippen LogP contribution in [0.25, 0.3) is 0 Å². The van der Waals surface area contributed by atoms with Gasteiger partial charge in [-0.25, -0.2) is 0 Å². The van der Waals surface area contributed by atoms with Crippen molar-refractivity contribution in [2.45, 2.75) is 37.8 Å². The Morgan fingerprint density at radius 3 is 2.71 bits per heavy atom. The lowest BCUT2D eigenvalue weighted by molar-refractivity contribution is -0.122. The van der Waals surface area contributed by atoms with Crippen LogP contribution in [0.2, 0.25) is 0 Å². The number of benzene rings is 1. The van der Waals surface area contributed by atoms with Crippen molar-refractivity contribution in [2.75, 3.05) is 20.8 Å². The monoisotopic (exact) mass is 358 g/mol. The molecule has 0 radical (unpaired) electrons. The van der Waals surface area contributed by atoms with E-state index in [1.807, 2.05) is 0 Å². The second-order valence-corrected chi connectivity index (χ2v) is 5.99. The van der Waals surface area contributed by atoms with E-state index in [0.29, 0.717) is 23.5 Å². The summed E-state index contributed by atoms with van der Waals surface area (Å²) in [5, 5.41) is 13.1. The zero-order valence-electron chi connectivity index (χ0n) is 14.2. The number of ether oxygens (including phenoxy) is 2. The average molecular weight is 359 g/mol. The Morgan fingerprint density at radius 1 is 1.38 bits per heavy atom. The minimum Gasteiger partial charge on any atom is -0.497 e. The molecule has 1 unspecified atom stereocenters. The summed E-state index contributed by atoms with van der Waals surface area (Å²) in [6, 6.07) is 5.32. The molecular formula is C17H27ClN2O4. The molecule has 0 aliphatic heterocycles. The predicted molar refractivity (Wildman–Crippen MR) is 94.7 cm³/mol. The van der Waals surface area contributed by atoms with E-state index in [9.17, 15) is 9.90 Å². The van der Waals surface area contributed by atoms with E-state index in [0.717, 1.165) is 19.3 Å². The molecule has 1 saturated carbocycles. The van der Waals surface area contributed by atoms with Gasteiger partial charge in [0, 0.05) is 24.6 Å². The van der Waals surface area contributed by atoms with Gasteiger partial charge in [-0.05, 0) is 37.0 Å². The van der Waals surface area contributed by atoms with Gasteiger partial charge < -0.3 is 25.6 Å². The van der Waals surface area contributed by atoms with Gasteiger partial charge in [0.2, 0.25) is 5.91 Å². The molecule has 1 fully saturated rings. The first-order valence-corrected chi connectivity index (χ1v) is 7.97. The number of nitrogens with two attached hydrogens (primary N) is 1. The number of carbonyl (C=O) groups excluding carboxylic acids is 1. The van der Waals surface area contributed by atoms with Crippen LogP contribution in [0.4, 0.5) is 0 Å². The van der Waals surface area contributed by atoms with Gasteiger partial charge in [0.05, 0.1) is 20.3 Å². The highest BCUT2D eigenvalue weighted by Gasteiger charge is 2.26. The number of hydrogen-bond acceptors (Lipinski definition) is 5. The number of amides is 1. The molecule has 1 aliphatic carbocycles. The van der Waals surface area contributed by atoms with Crippen LogP contribution in [-0.2, 0) is 4.79 Å². The fraction of sp³-hybridized carbons (Fsp3) is 0.588. The Morgan fingerprint density at radius 2 is 2.12 bits per heavy atom. The predicted octanol–water partition coefficient (Wildman–Crippen LogP) is 1.79. The number of nitrogens with one attached hydrogen (secondary N) is 1. The number of carbonyl (C=O) groups is 1. The quantitative estimate of drug-likeness (QED) is 0.691. The van der Waals surface area contributed by atoms with E-state index in [1.165, 1.54) is 7.11 Å². The minimum absolute atomic E-state index is 0. The number of methoxy groups -OCH3 is 2. The highest BCUT2D eigenvalue weighted by atomic mass is 35.5. The van der Waals surface area contributed by atoms with Crippen LogP contribution in [0.5, 0.6) is 11.5 Å². The first-order valence-electron chi connectivity index (χ1n) is 7.97. The summed E-state index contributed by atoms with van der Waals surface area (Å²) in [7, 11) is 3.10. The fourth-order valence-electron chi connectivity index (χ4n) is 3.05. The van der Waals surface area contributed by atoms with Crippen LogP contribution in [-0.4, -0.2) is 37.8 Å². The summed E-state index contributed by atoms with van der Waals surface area (Å²) in [5.74, 6) is 1.36. The molecule has 0 heterocycles. The zero-order valence-corrected chi connectivity index (χ0v) is 15.0. The molecule has 2 rings (SSSR count). The Hall–Kier alpha value is -1.50. The van der Waals surface area contributed by atoms with Gasteiger partial charge in [-0.15, -0.1) is 12.4 Å². The maximum atomic E-state index is 12.0. The number of hydrogen-bond donors (Lipinski definition) is 3. The van der Waals surface area contributed by atoms with E-state index in [1.54, 1.807) is 25.3 Å². The lowest BCUT2D eigenvalue weighted by Gasteiger charge is -2.18. The molecule has 1 aromatic rings. The molecule has 0 saturated heterocycles. The van der Waals surface area contributed by atoms with E-state index >= 15 is 0 Å². The standard InChI is InChI=1S/C17H26N2O4.ClH/c1-22-12-6-7-16(23-2)13(9-12)15(20)10-19-17(21)8-11-4-3-5-14(11)18;/h6-7,9,11,14-15,20H,3-5,8,10,18H2,1-2H3,(H,19,21);1H/t11-,14+,15?;/m0./s1. The summed E-state index contributed by atoms with van der Waals surface area (Å²) >= 11 is 0. The lowest BCUT2D eigenvalue weighted by atomic mass is 10.00. The molecule has 1 amide bonds. The maximum Gasteiger partial charge on any atom is 0.220 e. The van der Waals surface area contributed by atoms with Gasteiger partial charge in [-0.1, -0.05) is 6.42 Å². The topological polar surface area (TPSA) is 93.8 Å². The number of aliphatic hydroxyl groups is 1. The molecule has 0 aromatic heterocycles. The summed E-state index contributed by atoms with van der Waals surface area (Å²) in [6.45, 7) is 0.129. The van der Waals surface area contributed by atoms with E-state index in [4.69, 9.17) is 15.2 Å². The van der Waals surface area contributed by atoms with Crippen molar-refractivity contribution in [3.63, 3.8) is 0 Å². The third-order valence-electron chi connectivity index (χ3n) is 4.45. The van der Waals surface area contributed by atoms with Crippen molar-refractivity contribution < 1.29 is 19.4 Å². The molecule has 7 heteroatoms. The molecule has 4 N–H and O–H groups in total. The van der Waals surface area contributed by atoms with Crippen molar-refractivity contribution in [1.29, 1.82) is 0 Å². The summed E-state index contributed by atoms with van der Waals surface area (Å²) in [5.41, 5.74) is 6.57. The highest BCUT2D eigenvalue weighted by Crippen LogP contribution is 2.29. The lowest BCUT2D eigenvalue weighted by Crippen LogP contribution is -2.33. The Balaban J connectivity index is 0.00000288. The molecule has 0 bridgehead atoms. The van der Waals surface area contributed by atoms with Crippen molar-refractivity contribution in [3.05, 3.63) is 23.8 Å². The van der Waals surface area contributed by atoms with Crippen LogP contribution in [0, 0.1) is 5.92 Å². The molecular weight excluding hydrogens is 332 g/mol.